The van der Waals surface area contributed by atoms with Crippen molar-refractivity contribution in [1.82, 2.24) is 4.90 Å². The molecular weight excluding hydrogens is 277 g/mol. The van der Waals surface area contributed by atoms with Gasteiger partial charge in [-0.15, -0.1) is 11.8 Å². The van der Waals surface area contributed by atoms with Crippen molar-refractivity contribution in [1.29, 1.82) is 0 Å². The molecule has 0 amide bonds. The zero-order valence-corrected chi connectivity index (χ0v) is 12.4. The molecule has 3 nitrogen and oxygen atoms in total. The van der Waals surface area contributed by atoms with Gasteiger partial charge in [-0.2, -0.15) is 0 Å². The number of carboxylic acid groups (broad SMARTS) is 1. The van der Waals surface area contributed by atoms with E-state index in [2.05, 4.69) is 11.8 Å². The molecule has 1 heterocycles. The number of halogens is 1. The number of likely N-dealkylation sites (tertiary alicyclic amines) is 1. The van der Waals surface area contributed by atoms with Gasteiger partial charge in [0.2, 0.25) is 0 Å². The SMILES string of the molecule is CC1CCN(CCSc2ccc(F)cc2)C(C(=O)O)C1. The fourth-order valence-corrected chi connectivity index (χ4v) is 3.42. The lowest BCUT2D eigenvalue weighted by Crippen LogP contribution is -2.47. The van der Waals surface area contributed by atoms with Crippen LogP contribution < -0.4 is 0 Å². The number of aliphatic carboxylic acids is 1. The number of carbonyl (C=O) groups is 1. The zero-order chi connectivity index (χ0) is 14.5. The van der Waals surface area contributed by atoms with Crippen LogP contribution in [-0.2, 0) is 4.79 Å². The van der Waals surface area contributed by atoms with E-state index in [9.17, 15) is 14.3 Å². The van der Waals surface area contributed by atoms with Gasteiger partial charge in [-0.1, -0.05) is 6.92 Å². The summed E-state index contributed by atoms with van der Waals surface area (Å²) in [5.41, 5.74) is 0. The summed E-state index contributed by atoms with van der Waals surface area (Å²) in [5.74, 6) is 0.356. The van der Waals surface area contributed by atoms with Crippen LogP contribution in [0, 0.1) is 11.7 Å². The summed E-state index contributed by atoms with van der Waals surface area (Å²) < 4.78 is 12.8. The first-order valence-electron chi connectivity index (χ1n) is 6.91. The minimum Gasteiger partial charge on any atom is -0.480 e. The molecule has 2 unspecified atom stereocenters. The van der Waals surface area contributed by atoms with Gasteiger partial charge in [0.15, 0.2) is 0 Å². The van der Waals surface area contributed by atoms with Gasteiger partial charge in [-0.25, -0.2) is 4.39 Å². The molecule has 1 fully saturated rings. The van der Waals surface area contributed by atoms with Gasteiger partial charge in [0.1, 0.15) is 11.9 Å². The summed E-state index contributed by atoms with van der Waals surface area (Å²) >= 11 is 1.64. The standard InChI is InChI=1S/C15H20FNO2S/c1-11-6-7-17(14(10-11)15(18)19)8-9-20-13-4-2-12(16)3-5-13/h2-5,11,14H,6-10H2,1H3,(H,18,19). The van der Waals surface area contributed by atoms with E-state index in [1.54, 1.807) is 23.9 Å². The average molecular weight is 297 g/mol. The van der Waals surface area contributed by atoms with E-state index in [-0.39, 0.29) is 11.9 Å². The third-order valence-electron chi connectivity index (χ3n) is 3.72. The van der Waals surface area contributed by atoms with Gasteiger partial charge in [0, 0.05) is 17.2 Å². The number of thioether (sulfide) groups is 1. The lowest BCUT2D eigenvalue weighted by atomic mass is 9.92. The van der Waals surface area contributed by atoms with Crippen LogP contribution >= 0.6 is 11.8 Å². The first-order chi connectivity index (χ1) is 9.56. The Kier molecular flexibility index (Phi) is 5.43. The van der Waals surface area contributed by atoms with Crippen molar-refractivity contribution in [3.63, 3.8) is 0 Å². The number of nitrogens with zero attached hydrogens (tertiary/aromatic N) is 1. The first-order valence-corrected chi connectivity index (χ1v) is 7.90. The smallest absolute Gasteiger partial charge is 0.320 e. The Morgan fingerprint density at radius 3 is 2.80 bits per heavy atom. The molecule has 110 valence electrons. The number of hydrogen-bond donors (Lipinski definition) is 1. The predicted octanol–water partition coefficient (Wildman–Crippen LogP) is 3.10. The topological polar surface area (TPSA) is 40.5 Å². The third kappa shape index (κ3) is 4.21. The molecule has 0 saturated carbocycles. The lowest BCUT2D eigenvalue weighted by Gasteiger charge is -2.35. The summed E-state index contributed by atoms with van der Waals surface area (Å²) in [7, 11) is 0. The minimum absolute atomic E-state index is 0.231. The number of rotatable bonds is 5. The lowest BCUT2D eigenvalue weighted by molar-refractivity contribution is -0.145. The highest BCUT2D eigenvalue weighted by molar-refractivity contribution is 7.99. The van der Waals surface area contributed by atoms with E-state index < -0.39 is 5.97 Å². The van der Waals surface area contributed by atoms with Crippen molar-refractivity contribution in [3.8, 4) is 0 Å². The Labute approximate surface area is 123 Å². The first kappa shape index (κ1) is 15.3. The molecule has 1 aliphatic heterocycles. The Morgan fingerprint density at radius 2 is 2.15 bits per heavy atom. The van der Waals surface area contributed by atoms with Gasteiger partial charge < -0.3 is 5.11 Å². The molecule has 1 aromatic carbocycles. The molecule has 0 aromatic heterocycles. The van der Waals surface area contributed by atoms with Crippen LogP contribution in [0.2, 0.25) is 0 Å². The molecule has 2 atom stereocenters. The minimum atomic E-state index is -0.719. The van der Waals surface area contributed by atoms with Crippen molar-refractivity contribution in [2.75, 3.05) is 18.8 Å². The highest BCUT2D eigenvalue weighted by atomic mass is 32.2. The molecule has 5 heteroatoms. The van der Waals surface area contributed by atoms with E-state index in [0.717, 1.165) is 36.6 Å². The molecule has 0 spiro atoms. The van der Waals surface area contributed by atoms with Crippen LogP contribution in [0.25, 0.3) is 0 Å². The molecule has 0 aliphatic carbocycles. The molecule has 0 radical (unpaired) electrons. The maximum absolute atomic E-state index is 12.8. The normalized spacial score (nSPS) is 23.7. The maximum Gasteiger partial charge on any atom is 0.320 e. The van der Waals surface area contributed by atoms with Gasteiger partial charge in [0.25, 0.3) is 0 Å². The highest BCUT2D eigenvalue weighted by Crippen LogP contribution is 2.24. The Bertz CT molecular complexity index is 452. The monoisotopic (exact) mass is 297 g/mol. The van der Waals surface area contributed by atoms with E-state index in [1.807, 2.05) is 0 Å². The van der Waals surface area contributed by atoms with Crippen LogP contribution in [0.3, 0.4) is 0 Å². The van der Waals surface area contributed by atoms with E-state index in [1.165, 1.54) is 12.1 Å². The summed E-state index contributed by atoms with van der Waals surface area (Å²) in [6, 6.07) is 6.06. The quantitative estimate of drug-likeness (QED) is 0.848. The van der Waals surface area contributed by atoms with E-state index in [4.69, 9.17) is 0 Å². The zero-order valence-electron chi connectivity index (χ0n) is 11.6. The molecule has 1 aromatic rings. The predicted molar refractivity (Wildman–Crippen MR) is 78.5 cm³/mol. The van der Waals surface area contributed by atoms with Crippen molar-refractivity contribution >= 4 is 17.7 Å². The molecule has 2 rings (SSSR count). The Morgan fingerprint density at radius 1 is 1.45 bits per heavy atom. The molecule has 1 aliphatic rings. The maximum atomic E-state index is 12.8. The number of benzene rings is 1. The average Bonchev–Trinajstić information content (AvgIpc) is 2.42. The second-order valence-corrected chi connectivity index (χ2v) is 6.49. The molecule has 20 heavy (non-hydrogen) atoms. The summed E-state index contributed by atoms with van der Waals surface area (Å²) in [4.78, 5) is 14.4. The second kappa shape index (κ2) is 7.09. The molecule has 1 saturated heterocycles. The Hall–Kier alpha value is -1.07. The largest absolute Gasteiger partial charge is 0.480 e. The second-order valence-electron chi connectivity index (χ2n) is 5.32. The van der Waals surface area contributed by atoms with Gasteiger partial charge in [-0.05, 0) is 49.6 Å². The number of hydrogen-bond acceptors (Lipinski definition) is 3. The number of piperidine rings is 1. The fourth-order valence-electron chi connectivity index (χ4n) is 2.53. The van der Waals surface area contributed by atoms with Crippen LogP contribution in [0.1, 0.15) is 19.8 Å². The third-order valence-corrected chi connectivity index (χ3v) is 4.71. The molecular formula is C15H20FNO2S. The van der Waals surface area contributed by atoms with Gasteiger partial charge >= 0.3 is 5.97 Å². The Balaban J connectivity index is 1.83. The van der Waals surface area contributed by atoms with Crippen molar-refractivity contribution in [3.05, 3.63) is 30.1 Å². The highest BCUT2D eigenvalue weighted by Gasteiger charge is 2.31. The van der Waals surface area contributed by atoms with Crippen LogP contribution in [-0.4, -0.2) is 40.9 Å². The van der Waals surface area contributed by atoms with Crippen LogP contribution in [0.5, 0.6) is 0 Å². The molecule has 0 bridgehead atoms. The van der Waals surface area contributed by atoms with Gasteiger partial charge in [0.05, 0.1) is 0 Å². The summed E-state index contributed by atoms with van der Waals surface area (Å²) in [6.07, 6.45) is 1.79. The fraction of sp³-hybridized carbons (Fsp3) is 0.533. The van der Waals surface area contributed by atoms with E-state index in [0.29, 0.717) is 5.92 Å². The van der Waals surface area contributed by atoms with Crippen LogP contribution in [0.15, 0.2) is 29.2 Å². The summed E-state index contributed by atoms with van der Waals surface area (Å²) in [5, 5.41) is 9.28. The number of carboxylic acids is 1. The summed E-state index contributed by atoms with van der Waals surface area (Å²) in [6.45, 7) is 3.72. The van der Waals surface area contributed by atoms with Crippen LogP contribution in [0.4, 0.5) is 4.39 Å². The van der Waals surface area contributed by atoms with Crippen molar-refractivity contribution in [2.24, 2.45) is 5.92 Å². The van der Waals surface area contributed by atoms with E-state index >= 15 is 0 Å². The van der Waals surface area contributed by atoms with Crippen molar-refractivity contribution < 1.29 is 14.3 Å². The van der Waals surface area contributed by atoms with Crippen molar-refractivity contribution in [2.45, 2.75) is 30.7 Å². The molecule has 1 N–H and O–H groups in total. The van der Waals surface area contributed by atoms with Gasteiger partial charge in [-0.3, -0.25) is 9.69 Å².